The summed E-state index contributed by atoms with van der Waals surface area (Å²) in [5, 5.41) is 3.19. The van der Waals surface area contributed by atoms with Crippen LogP contribution in [0.5, 0.6) is 5.75 Å². The van der Waals surface area contributed by atoms with Gasteiger partial charge in [0.05, 0.1) is 11.4 Å². The van der Waals surface area contributed by atoms with Crippen molar-refractivity contribution in [3.63, 3.8) is 0 Å². The maximum Gasteiger partial charge on any atom is 0.140 e. The molecule has 28 heavy (non-hydrogen) atoms. The minimum atomic E-state index is 0.533. The molecule has 0 amide bonds. The van der Waals surface area contributed by atoms with E-state index in [1.165, 1.54) is 5.56 Å². The van der Waals surface area contributed by atoms with Gasteiger partial charge >= 0.3 is 0 Å². The number of nitrogens with zero attached hydrogens (tertiary/aromatic N) is 4. The first-order valence-corrected chi connectivity index (χ1v) is 10.6. The number of rotatable bonds is 7. The SMILES string of the molecule is Cc1ccc(OCc2nc(CN3CCN(Cc4ccccn4)CC3)cs2)cc1. The number of hydrogen-bond donors (Lipinski definition) is 0. The van der Waals surface area contributed by atoms with Crippen LogP contribution in [-0.4, -0.2) is 45.9 Å². The van der Waals surface area contributed by atoms with Crippen molar-refractivity contribution in [2.45, 2.75) is 26.6 Å². The highest BCUT2D eigenvalue weighted by atomic mass is 32.1. The molecule has 0 bridgehead atoms. The van der Waals surface area contributed by atoms with Gasteiger partial charge in [0.25, 0.3) is 0 Å². The number of thiazole rings is 1. The van der Waals surface area contributed by atoms with Crippen LogP contribution in [0.3, 0.4) is 0 Å². The van der Waals surface area contributed by atoms with E-state index in [1.54, 1.807) is 11.3 Å². The molecule has 1 aromatic carbocycles. The van der Waals surface area contributed by atoms with Gasteiger partial charge in [-0.05, 0) is 31.2 Å². The lowest BCUT2D eigenvalue weighted by Crippen LogP contribution is -2.45. The Balaban J connectivity index is 1.22. The highest BCUT2D eigenvalue weighted by molar-refractivity contribution is 7.09. The zero-order valence-corrected chi connectivity index (χ0v) is 17.1. The lowest BCUT2D eigenvalue weighted by molar-refractivity contribution is 0.120. The van der Waals surface area contributed by atoms with Crippen molar-refractivity contribution < 1.29 is 4.74 Å². The van der Waals surface area contributed by atoms with Gasteiger partial charge in [0.1, 0.15) is 17.4 Å². The van der Waals surface area contributed by atoms with E-state index in [1.807, 2.05) is 24.4 Å². The van der Waals surface area contributed by atoms with Crippen molar-refractivity contribution in [1.29, 1.82) is 0 Å². The first-order valence-electron chi connectivity index (χ1n) is 9.72. The minimum absolute atomic E-state index is 0.533. The highest BCUT2D eigenvalue weighted by Gasteiger charge is 2.18. The van der Waals surface area contributed by atoms with Gasteiger partial charge < -0.3 is 4.74 Å². The van der Waals surface area contributed by atoms with E-state index in [9.17, 15) is 0 Å². The number of hydrogen-bond acceptors (Lipinski definition) is 6. The number of piperazine rings is 1. The molecule has 0 atom stereocenters. The Labute approximate surface area is 170 Å². The van der Waals surface area contributed by atoms with Crippen molar-refractivity contribution >= 4 is 11.3 Å². The quantitative estimate of drug-likeness (QED) is 0.611. The highest BCUT2D eigenvalue weighted by Crippen LogP contribution is 2.17. The average molecular weight is 395 g/mol. The first kappa shape index (κ1) is 19.1. The van der Waals surface area contributed by atoms with Crippen LogP contribution in [0.4, 0.5) is 0 Å². The van der Waals surface area contributed by atoms with E-state index < -0.39 is 0 Å². The van der Waals surface area contributed by atoms with Gasteiger partial charge in [-0.2, -0.15) is 0 Å². The second kappa shape index (κ2) is 9.28. The third kappa shape index (κ3) is 5.38. The average Bonchev–Trinajstić information content (AvgIpc) is 3.17. The summed E-state index contributed by atoms with van der Waals surface area (Å²) in [5.74, 6) is 0.895. The number of aromatic nitrogens is 2. The van der Waals surface area contributed by atoms with Crippen LogP contribution in [0.25, 0.3) is 0 Å². The Morgan fingerprint density at radius 3 is 2.32 bits per heavy atom. The lowest BCUT2D eigenvalue weighted by atomic mass is 10.2. The first-order chi connectivity index (χ1) is 13.7. The number of pyridine rings is 1. The zero-order valence-electron chi connectivity index (χ0n) is 16.3. The Morgan fingerprint density at radius 1 is 0.929 bits per heavy atom. The van der Waals surface area contributed by atoms with Gasteiger partial charge in [0.15, 0.2) is 0 Å². The molecule has 146 valence electrons. The summed E-state index contributed by atoms with van der Waals surface area (Å²) < 4.78 is 5.84. The second-order valence-electron chi connectivity index (χ2n) is 7.21. The normalized spacial score (nSPS) is 15.6. The van der Waals surface area contributed by atoms with Crippen LogP contribution in [-0.2, 0) is 19.7 Å². The number of aryl methyl sites for hydroxylation is 1. The summed E-state index contributed by atoms with van der Waals surface area (Å²) in [6.07, 6.45) is 1.87. The molecule has 0 spiro atoms. The summed E-state index contributed by atoms with van der Waals surface area (Å²) in [7, 11) is 0. The van der Waals surface area contributed by atoms with Crippen LogP contribution in [0.2, 0.25) is 0 Å². The fraction of sp³-hybridized carbons (Fsp3) is 0.364. The largest absolute Gasteiger partial charge is 0.486 e. The minimum Gasteiger partial charge on any atom is -0.486 e. The van der Waals surface area contributed by atoms with Gasteiger partial charge in [-0.25, -0.2) is 4.98 Å². The van der Waals surface area contributed by atoms with Gasteiger partial charge in [0.2, 0.25) is 0 Å². The van der Waals surface area contributed by atoms with Crippen LogP contribution >= 0.6 is 11.3 Å². The molecule has 1 aliphatic heterocycles. The van der Waals surface area contributed by atoms with Gasteiger partial charge in [0, 0.05) is 50.8 Å². The molecule has 0 unspecified atom stereocenters. The van der Waals surface area contributed by atoms with Crippen LogP contribution < -0.4 is 4.74 Å². The predicted molar refractivity (Wildman–Crippen MR) is 112 cm³/mol. The molecular formula is C22H26N4OS. The summed E-state index contributed by atoms with van der Waals surface area (Å²) in [5.41, 5.74) is 3.53. The van der Waals surface area contributed by atoms with Gasteiger partial charge in [-0.3, -0.25) is 14.8 Å². The molecule has 1 fully saturated rings. The standard InChI is InChI=1S/C22H26N4OS/c1-18-5-7-21(8-6-18)27-16-22-24-20(17-28-22)15-26-12-10-25(11-13-26)14-19-4-2-3-9-23-19/h2-9,17H,10-16H2,1H3. The topological polar surface area (TPSA) is 41.5 Å². The summed E-state index contributed by atoms with van der Waals surface area (Å²) in [6.45, 7) is 8.75. The van der Waals surface area contributed by atoms with E-state index in [-0.39, 0.29) is 0 Å². The molecule has 3 heterocycles. The van der Waals surface area contributed by atoms with E-state index >= 15 is 0 Å². The molecule has 0 N–H and O–H groups in total. The van der Waals surface area contributed by atoms with Crippen LogP contribution in [0.1, 0.15) is 22.0 Å². The van der Waals surface area contributed by atoms with Crippen molar-refractivity contribution in [3.8, 4) is 5.75 Å². The molecule has 0 saturated carbocycles. The summed E-state index contributed by atoms with van der Waals surface area (Å²) in [6, 6.07) is 14.3. The molecule has 3 aromatic rings. The molecular weight excluding hydrogens is 368 g/mol. The van der Waals surface area contributed by atoms with Gasteiger partial charge in [-0.1, -0.05) is 23.8 Å². The molecule has 4 rings (SSSR count). The fourth-order valence-corrected chi connectivity index (χ4v) is 4.02. The second-order valence-corrected chi connectivity index (χ2v) is 8.15. The van der Waals surface area contributed by atoms with Gasteiger partial charge in [-0.15, -0.1) is 11.3 Å². The lowest BCUT2D eigenvalue weighted by Gasteiger charge is -2.34. The third-order valence-electron chi connectivity index (χ3n) is 4.94. The molecule has 1 aliphatic rings. The molecule has 1 saturated heterocycles. The molecule has 0 aliphatic carbocycles. The Bertz CT molecular complexity index is 858. The van der Waals surface area contributed by atoms with E-state index in [0.717, 1.165) is 61.4 Å². The summed E-state index contributed by atoms with van der Waals surface area (Å²) >= 11 is 1.68. The Kier molecular flexibility index (Phi) is 6.31. The summed E-state index contributed by atoms with van der Waals surface area (Å²) in [4.78, 5) is 14.1. The molecule has 6 heteroatoms. The van der Waals surface area contributed by atoms with E-state index in [2.05, 4.69) is 51.4 Å². The van der Waals surface area contributed by atoms with Crippen LogP contribution in [0, 0.1) is 6.92 Å². The zero-order chi connectivity index (χ0) is 19.2. The Hall–Kier alpha value is -2.28. The van der Waals surface area contributed by atoms with Crippen molar-refractivity contribution in [2.24, 2.45) is 0 Å². The van der Waals surface area contributed by atoms with Crippen molar-refractivity contribution in [3.05, 3.63) is 76.0 Å². The predicted octanol–water partition coefficient (Wildman–Crippen LogP) is 3.74. The maximum atomic E-state index is 5.84. The van der Waals surface area contributed by atoms with E-state index in [4.69, 9.17) is 9.72 Å². The van der Waals surface area contributed by atoms with Crippen LogP contribution in [0.15, 0.2) is 54.0 Å². The number of benzene rings is 1. The molecule has 2 aromatic heterocycles. The molecule has 0 radical (unpaired) electrons. The smallest absolute Gasteiger partial charge is 0.140 e. The van der Waals surface area contributed by atoms with Crippen molar-refractivity contribution in [1.82, 2.24) is 19.8 Å². The Morgan fingerprint density at radius 2 is 1.64 bits per heavy atom. The maximum absolute atomic E-state index is 5.84. The molecule has 5 nitrogen and oxygen atoms in total. The fourth-order valence-electron chi connectivity index (χ4n) is 3.32. The van der Waals surface area contributed by atoms with Crippen molar-refractivity contribution in [2.75, 3.05) is 26.2 Å². The third-order valence-corrected chi connectivity index (χ3v) is 5.82. The monoisotopic (exact) mass is 394 g/mol. The number of ether oxygens (including phenoxy) is 1. The van der Waals surface area contributed by atoms with E-state index in [0.29, 0.717) is 6.61 Å².